The van der Waals surface area contributed by atoms with Gasteiger partial charge >= 0.3 is 8.60 Å². The van der Waals surface area contributed by atoms with Crippen LogP contribution in [0.1, 0.15) is 12.8 Å². The molecule has 3 atom stereocenters. The standard InChI is InChI=1S/C8H15N4O5P/c9-7(13)8-10-4-12(11-8)6-2-1-5(17-6)3-16-18(14)15/h4-6,8,11,14-15H,1-3H2,(H2,9,13)/t5-,6+,8?/m0/s1. The monoisotopic (exact) mass is 278 g/mol. The summed E-state index contributed by atoms with van der Waals surface area (Å²) in [5.41, 5.74) is 7.90. The van der Waals surface area contributed by atoms with Gasteiger partial charge in [0.2, 0.25) is 0 Å². The van der Waals surface area contributed by atoms with E-state index in [2.05, 4.69) is 10.4 Å². The number of ether oxygens (including phenoxy) is 1. The molecule has 1 saturated heterocycles. The van der Waals surface area contributed by atoms with Gasteiger partial charge in [0.25, 0.3) is 5.91 Å². The van der Waals surface area contributed by atoms with Crippen LogP contribution in [0.3, 0.4) is 0 Å². The lowest BCUT2D eigenvalue weighted by molar-refractivity contribution is -0.121. The molecule has 1 fully saturated rings. The van der Waals surface area contributed by atoms with E-state index in [1.807, 2.05) is 0 Å². The number of hydrogen-bond acceptors (Lipinski definition) is 8. The topological polar surface area (TPSA) is 130 Å². The van der Waals surface area contributed by atoms with E-state index in [1.54, 1.807) is 5.01 Å². The van der Waals surface area contributed by atoms with Crippen molar-refractivity contribution in [1.82, 2.24) is 10.4 Å². The molecule has 0 aliphatic carbocycles. The second-order valence-corrected chi connectivity index (χ2v) is 4.71. The number of nitrogens with zero attached hydrogens (tertiary/aromatic N) is 2. The van der Waals surface area contributed by atoms with E-state index >= 15 is 0 Å². The maximum Gasteiger partial charge on any atom is 0.327 e. The Labute approximate surface area is 105 Å². The third-order valence-electron chi connectivity index (χ3n) is 2.65. The molecule has 2 aliphatic rings. The molecule has 102 valence electrons. The molecule has 9 nitrogen and oxygen atoms in total. The van der Waals surface area contributed by atoms with Crippen LogP contribution in [-0.4, -0.2) is 52.1 Å². The third kappa shape index (κ3) is 3.35. The maximum atomic E-state index is 10.9. The van der Waals surface area contributed by atoms with E-state index in [9.17, 15) is 4.79 Å². The number of amides is 1. The second kappa shape index (κ2) is 5.87. The van der Waals surface area contributed by atoms with Crippen LogP contribution in [0, 0.1) is 0 Å². The molecule has 2 aliphatic heterocycles. The number of hydrogen-bond donors (Lipinski definition) is 4. The zero-order valence-electron chi connectivity index (χ0n) is 9.47. The predicted octanol–water partition coefficient (Wildman–Crippen LogP) is -1.62. The first-order chi connectivity index (χ1) is 8.56. The van der Waals surface area contributed by atoms with Crippen molar-refractivity contribution in [2.24, 2.45) is 10.7 Å². The van der Waals surface area contributed by atoms with Crippen molar-refractivity contribution in [2.45, 2.75) is 31.3 Å². The average molecular weight is 278 g/mol. The molecule has 0 bridgehead atoms. The Morgan fingerprint density at radius 2 is 2.44 bits per heavy atom. The minimum Gasteiger partial charge on any atom is -0.367 e. The lowest BCUT2D eigenvalue weighted by atomic mass is 10.2. The minimum absolute atomic E-state index is 0.124. The van der Waals surface area contributed by atoms with Gasteiger partial charge in [-0.05, 0) is 12.8 Å². The molecule has 0 radical (unpaired) electrons. The maximum absolute atomic E-state index is 10.9. The van der Waals surface area contributed by atoms with E-state index in [4.69, 9.17) is 24.8 Å². The van der Waals surface area contributed by atoms with Gasteiger partial charge in [0, 0.05) is 0 Å². The van der Waals surface area contributed by atoms with Gasteiger partial charge < -0.3 is 24.8 Å². The fourth-order valence-electron chi connectivity index (χ4n) is 1.80. The summed E-state index contributed by atoms with van der Waals surface area (Å²) >= 11 is 0. The largest absolute Gasteiger partial charge is 0.367 e. The zero-order chi connectivity index (χ0) is 13.1. The Morgan fingerprint density at radius 3 is 3.06 bits per heavy atom. The molecule has 5 N–H and O–H groups in total. The van der Waals surface area contributed by atoms with E-state index in [0.29, 0.717) is 6.42 Å². The molecule has 0 saturated carbocycles. The van der Waals surface area contributed by atoms with Crippen LogP contribution in [0.5, 0.6) is 0 Å². The Balaban J connectivity index is 1.76. The molecule has 2 heterocycles. The molecule has 1 unspecified atom stereocenters. The number of nitrogens with one attached hydrogen (secondary N) is 1. The molecule has 1 amide bonds. The number of primary amides is 1. The average Bonchev–Trinajstić information content (AvgIpc) is 2.95. The highest BCUT2D eigenvalue weighted by Gasteiger charge is 2.33. The van der Waals surface area contributed by atoms with Gasteiger partial charge in [-0.1, -0.05) is 0 Å². The first-order valence-electron chi connectivity index (χ1n) is 5.39. The number of hydrazine groups is 1. The number of rotatable bonds is 5. The quantitative estimate of drug-likeness (QED) is 0.445. The second-order valence-electron chi connectivity index (χ2n) is 3.94. The van der Waals surface area contributed by atoms with Gasteiger partial charge in [0.05, 0.1) is 12.7 Å². The van der Waals surface area contributed by atoms with Crippen LogP contribution in [0.25, 0.3) is 0 Å². The highest BCUT2D eigenvalue weighted by atomic mass is 31.2. The summed E-state index contributed by atoms with van der Waals surface area (Å²) in [4.78, 5) is 32.1. The van der Waals surface area contributed by atoms with Gasteiger partial charge in [-0.3, -0.25) is 9.80 Å². The summed E-state index contributed by atoms with van der Waals surface area (Å²) in [6.45, 7) is 0.124. The van der Waals surface area contributed by atoms with Crippen molar-refractivity contribution in [3.63, 3.8) is 0 Å². The fourth-order valence-corrected chi connectivity index (χ4v) is 2.10. The first kappa shape index (κ1) is 13.6. The molecule has 0 aromatic carbocycles. The number of nitrogens with two attached hydrogens (primary N) is 1. The third-order valence-corrected chi connectivity index (χ3v) is 3.03. The Morgan fingerprint density at radius 1 is 1.67 bits per heavy atom. The molecule has 18 heavy (non-hydrogen) atoms. The molecule has 10 heteroatoms. The van der Waals surface area contributed by atoms with Crippen LogP contribution in [-0.2, 0) is 14.1 Å². The summed E-state index contributed by atoms with van der Waals surface area (Å²) in [7, 11) is -2.35. The molecule has 0 aromatic heterocycles. The van der Waals surface area contributed by atoms with E-state index in [1.165, 1.54) is 6.34 Å². The van der Waals surface area contributed by atoms with Crippen molar-refractivity contribution in [3.8, 4) is 0 Å². The van der Waals surface area contributed by atoms with Crippen LogP contribution < -0.4 is 11.2 Å². The van der Waals surface area contributed by atoms with Crippen LogP contribution in [0.15, 0.2) is 4.99 Å². The lowest BCUT2D eigenvalue weighted by Gasteiger charge is -2.23. The van der Waals surface area contributed by atoms with Gasteiger partial charge in [-0.2, -0.15) is 5.43 Å². The van der Waals surface area contributed by atoms with Gasteiger partial charge in [-0.15, -0.1) is 0 Å². The zero-order valence-corrected chi connectivity index (χ0v) is 10.4. The van der Waals surface area contributed by atoms with E-state index in [0.717, 1.165) is 6.42 Å². The summed E-state index contributed by atoms with van der Waals surface area (Å²) < 4.78 is 10.3. The summed E-state index contributed by atoms with van der Waals surface area (Å²) in [6, 6.07) is 0. The Kier molecular flexibility index (Phi) is 4.44. The number of carbonyl (C=O) groups excluding carboxylic acids is 1. The minimum atomic E-state index is -2.35. The molecule has 2 rings (SSSR count). The highest BCUT2D eigenvalue weighted by Crippen LogP contribution is 2.28. The molecule has 0 spiro atoms. The fraction of sp³-hybridized carbons (Fsp3) is 0.750. The predicted molar refractivity (Wildman–Crippen MR) is 61.7 cm³/mol. The van der Waals surface area contributed by atoms with Crippen molar-refractivity contribution >= 4 is 20.8 Å². The van der Waals surface area contributed by atoms with Crippen molar-refractivity contribution in [1.29, 1.82) is 0 Å². The van der Waals surface area contributed by atoms with Gasteiger partial charge in [0.15, 0.2) is 6.17 Å². The Bertz CT molecular complexity index is 341. The van der Waals surface area contributed by atoms with E-state index in [-0.39, 0.29) is 18.9 Å². The van der Waals surface area contributed by atoms with Gasteiger partial charge in [0.1, 0.15) is 12.6 Å². The summed E-state index contributed by atoms with van der Waals surface area (Å²) in [5, 5.41) is 1.58. The summed E-state index contributed by atoms with van der Waals surface area (Å²) in [6.07, 6.45) is 1.67. The van der Waals surface area contributed by atoms with Crippen LogP contribution >= 0.6 is 8.60 Å². The lowest BCUT2D eigenvalue weighted by Crippen LogP contribution is -2.48. The molecular formula is C8H15N4O5P. The van der Waals surface area contributed by atoms with Crippen molar-refractivity contribution in [2.75, 3.05) is 6.61 Å². The highest BCUT2D eigenvalue weighted by molar-refractivity contribution is 7.39. The smallest absolute Gasteiger partial charge is 0.327 e. The van der Waals surface area contributed by atoms with Crippen molar-refractivity contribution in [3.05, 3.63) is 0 Å². The van der Waals surface area contributed by atoms with E-state index < -0.39 is 20.7 Å². The number of aliphatic imine (C=N–C) groups is 1. The number of carbonyl (C=O) groups is 1. The first-order valence-corrected chi connectivity index (χ1v) is 6.56. The SMILES string of the molecule is NC(=O)C1N=CN([C@H]2CC[C@@H](COP(O)O)O2)N1. The Hall–Kier alpha value is -0.830. The molecule has 0 aromatic rings. The molecular weight excluding hydrogens is 263 g/mol. The summed E-state index contributed by atoms with van der Waals surface area (Å²) in [5.74, 6) is -0.558. The van der Waals surface area contributed by atoms with Gasteiger partial charge in [-0.25, -0.2) is 4.99 Å². The van der Waals surface area contributed by atoms with Crippen molar-refractivity contribution < 1.29 is 23.8 Å². The van der Waals surface area contributed by atoms with Crippen LogP contribution in [0.2, 0.25) is 0 Å². The normalized spacial score (nSPS) is 31.5. The van der Waals surface area contributed by atoms with Crippen LogP contribution in [0.4, 0.5) is 0 Å².